The van der Waals surface area contributed by atoms with E-state index >= 15 is 0 Å². The fourth-order valence-corrected chi connectivity index (χ4v) is 3.54. The van der Waals surface area contributed by atoms with E-state index in [1.807, 2.05) is 18.2 Å². The summed E-state index contributed by atoms with van der Waals surface area (Å²) in [5.41, 5.74) is 2.79. The smallest absolute Gasteiger partial charge is 0.296 e. The zero-order valence-corrected chi connectivity index (χ0v) is 14.6. The lowest BCUT2D eigenvalue weighted by atomic mass is 10.00. The van der Waals surface area contributed by atoms with E-state index in [1.54, 1.807) is 11.1 Å². The molecule has 1 amide bonds. The van der Waals surface area contributed by atoms with E-state index in [4.69, 9.17) is 0 Å². The van der Waals surface area contributed by atoms with Crippen LogP contribution in [0.2, 0.25) is 0 Å². The SMILES string of the molecule is O=C(c1cc2c([N+](=O)[O-])cc(Br)cn2n1)N1CCc2ccccc2C1. The highest BCUT2D eigenvalue weighted by Gasteiger charge is 2.25. The quantitative estimate of drug-likeness (QED) is 0.488. The molecule has 0 radical (unpaired) electrons. The van der Waals surface area contributed by atoms with Gasteiger partial charge in [-0.3, -0.25) is 14.9 Å². The van der Waals surface area contributed by atoms with Crippen LogP contribution in [0.25, 0.3) is 5.52 Å². The molecule has 0 saturated carbocycles. The summed E-state index contributed by atoms with van der Waals surface area (Å²) >= 11 is 3.23. The maximum absolute atomic E-state index is 12.8. The molecule has 25 heavy (non-hydrogen) atoms. The van der Waals surface area contributed by atoms with Gasteiger partial charge in [0.05, 0.1) is 4.92 Å². The molecule has 0 spiro atoms. The number of carbonyl (C=O) groups excluding carboxylic acids is 1. The summed E-state index contributed by atoms with van der Waals surface area (Å²) in [6.07, 6.45) is 2.39. The van der Waals surface area contributed by atoms with Crippen LogP contribution in [-0.4, -0.2) is 31.9 Å². The van der Waals surface area contributed by atoms with Gasteiger partial charge in [-0.1, -0.05) is 24.3 Å². The van der Waals surface area contributed by atoms with Gasteiger partial charge in [0.25, 0.3) is 11.6 Å². The summed E-state index contributed by atoms with van der Waals surface area (Å²) < 4.78 is 1.90. The van der Waals surface area contributed by atoms with E-state index in [0.29, 0.717) is 23.1 Å². The number of carbonyl (C=O) groups is 1. The average Bonchev–Trinajstić information content (AvgIpc) is 3.03. The summed E-state index contributed by atoms with van der Waals surface area (Å²) in [6.45, 7) is 1.13. The van der Waals surface area contributed by atoms with E-state index in [1.165, 1.54) is 22.2 Å². The standard InChI is InChI=1S/C17H13BrN4O3/c18-13-7-16(22(24)25)15-8-14(19-21(15)10-13)17(23)20-6-5-11-3-1-2-4-12(11)9-20/h1-4,7-8,10H,5-6,9H2. The van der Waals surface area contributed by atoms with Crippen molar-refractivity contribution in [3.05, 3.63) is 74.0 Å². The van der Waals surface area contributed by atoms with Crippen molar-refractivity contribution in [2.45, 2.75) is 13.0 Å². The lowest BCUT2D eigenvalue weighted by Gasteiger charge is -2.28. The van der Waals surface area contributed by atoms with Gasteiger partial charge in [0.2, 0.25) is 0 Å². The number of halogens is 1. The number of pyridine rings is 1. The van der Waals surface area contributed by atoms with Gasteiger partial charge in [-0.15, -0.1) is 0 Å². The van der Waals surface area contributed by atoms with Crippen LogP contribution < -0.4 is 0 Å². The Hall–Kier alpha value is -2.74. The Bertz CT molecular complexity index is 1010. The van der Waals surface area contributed by atoms with Gasteiger partial charge in [0, 0.05) is 35.9 Å². The Morgan fingerprint density at radius 3 is 2.76 bits per heavy atom. The number of benzene rings is 1. The first kappa shape index (κ1) is 15.8. The zero-order valence-electron chi connectivity index (χ0n) is 13.1. The van der Waals surface area contributed by atoms with Crippen molar-refractivity contribution in [1.82, 2.24) is 14.5 Å². The van der Waals surface area contributed by atoms with Crippen molar-refractivity contribution in [2.24, 2.45) is 0 Å². The van der Waals surface area contributed by atoms with Gasteiger partial charge >= 0.3 is 0 Å². The highest BCUT2D eigenvalue weighted by molar-refractivity contribution is 9.10. The fourth-order valence-electron chi connectivity index (χ4n) is 3.12. The highest BCUT2D eigenvalue weighted by Crippen LogP contribution is 2.26. The van der Waals surface area contributed by atoms with Gasteiger partial charge in [-0.25, -0.2) is 4.52 Å². The first-order chi connectivity index (χ1) is 12.0. The molecular formula is C17H13BrN4O3. The van der Waals surface area contributed by atoms with E-state index in [2.05, 4.69) is 27.1 Å². The maximum atomic E-state index is 12.8. The maximum Gasteiger partial charge on any atom is 0.296 e. The van der Waals surface area contributed by atoms with E-state index in [-0.39, 0.29) is 17.3 Å². The number of rotatable bonds is 2. The molecule has 0 bridgehead atoms. The molecule has 4 rings (SSSR count). The molecular weight excluding hydrogens is 388 g/mol. The summed E-state index contributed by atoms with van der Waals surface area (Å²) in [5.74, 6) is -0.219. The van der Waals surface area contributed by atoms with Gasteiger partial charge in [-0.05, 0) is 33.5 Å². The normalized spacial score (nSPS) is 13.7. The van der Waals surface area contributed by atoms with Crippen LogP contribution in [0.5, 0.6) is 0 Å². The third-order valence-electron chi connectivity index (χ3n) is 4.35. The Morgan fingerprint density at radius 1 is 1.24 bits per heavy atom. The van der Waals surface area contributed by atoms with Crippen LogP contribution in [-0.2, 0) is 13.0 Å². The Morgan fingerprint density at radius 2 is 2.00 bits per heavy atom. The van der Waals surface area contributed by atoms with Crippen LogP contribution in [0.1, 0.15) is 21.6 Å². The zero-order chi connectivity index (χ0) is 17.6. The third-order valence-corrected chi connectivity index (χ3v) is 4.79. The second kappa shape index (κ2) is 5.96. The molecule has 0 saturated heterocycles. The molecule has 0 N–H and O–H groups in total. The molecule has 1 aromatic carbocycles. The Kier molecular flexibility index (Phi) is 3.76. The number of aromatic nitrogens is 2. The van der Waals surface area contributed by atoms with Crippen molar-refractivity contribution in [1.29, 1.82) is 0 Å². The second-order valence-electron chi connectivity index (χ2n) is 5.91. The van der Waals surface area contributed by atoms with Crippen LogP contribution >= 0.6 is 15.9 Å². The highest BCUT2D eigenvalue weighted by atomic mass is 79.9. The molecule has 1 aliphatic heterocycles. The van der Waals surface area contributed by atoms with Gasteiger partial charge in [0.1, 0.15) is 5.52 Å². The van der Waals surface area contributed by atoms with Crippen molar-refractivity contribution in [2.75, 3.05) is 6.54 Å². The average molecular weight is 401 g/mol. The lowest BCUT2D eigenvalue weighted by molar-refractivity contribution is -0.383. The number of nitro groups is 1. The molecule has 2 aromatic heterocycles. The van der Waals surface area contributed by atoms with E-state index < -0.39 is 4.92 Å². The molecule has 0 fully saturated rings. The molecule has 8 heteroatoms. The van der Waals surface area contributed by atoms with Crippen LogP contribution in [0.4, 0.5) is 5.69 Å². The molecule has 0 aliphatic carbocycles. The molecule has 3 aromatic rings. The predicted octanol–water partition coefficient (Wildman–Crippen LogP) is 3.20. The minimum atomic E-state index is -0.479. The van der Waals surface area contributed by atoms with E-state index in [0.717, 1.165) is 12.0 Å². The number of amides is 1. The van der Waals surface area contributed by atoms with Crippen molar-refractivity contribution in [3.63, 3.8) is 0 Å². The van der Waals surface area contributed by atoms with Gasteiger partial charge in [-0.2, -0.15) is 5.10 Å². The molecule has 0 unspecified atom stereocenters. The molecule has 1 aliphatic rings. The topological polar surface area (TPSA) is 80.7 Å². The number of nitrogens with zero attached hydrogens (tertiary/aromatic N) is 4. The second-order valence-corrected chi connectivity index (χ2v) is 6.82. The Balaban J connectivity index is 1.69. The number of hydrogen-bond acceptors (Lipinski definition) is 4. The molecule has 3 heterocycles. The first-order valence-corrected chi connectivity index (χ1v) is 8.51. The van der Waals surface area contributed by atoms with Crippen molar-refractivity contribution < 1.29 is 9.72 Å². The van der Waals surface area contributed by atoms with Crippen molar-refractivity contribution >= 4 is 33.0 Å². The van der Waals surface area contributed by atoms with E-state index in [9.17, 15) is 14.9 Å². The fraction of sp³-hybridized carbons (Fsp3) is 0.176. The summed E-state index contributed by atoms with van der Waals surface area (Å²) in [6, 6.07) is 10.9. The molecule has 126 valence electrons. The predicted molar refractivity (Wildman–Crippen MR) is 94.4 cm³/mol. The molecule has 7 nitrogen and oxygen atoms in total. The summed E-state index contributed by atoms with van der Waals surface area (Å²) in [5, 5.41) is 15.5. The Labute approximate surface area is 151 Å². The third kappa shape index (κ3) is 2.78. The largest absolute Gasteiger partial charge is 0.333 e. The monoisotopic (exact) mass is 400 g/mol. The summed E-state index contributed by atoms with van der Waals surface area (Å²) in [4.78, 5) is 25.3. The summed E-state index contributed by atoms with van der Waals surface area (Å²) in [7, 11) is 0. The van der Waals surface area contributed by atoms with Crippen LogP contribution in [0.3, 0.4) is 0 Å². The number of fused-ring (bicyclic) bond motifs is 2. The van der Waals surface area contributed by atoms with Crippen LogP contribution in [0, 0.1) is 10.1 Å². The molecule has 0 atom stereocenters. The lowest BCUT2D eigenvalue weighted by Crippen LogP contribution is -2.36. The van der Waals surface area contributed by atoms with Crippen LogP contribution in [0.15, 0.2) is 47.1 Å². The minimum absolute atomic E-state index is 0.0927. The van der Waals surface area contributed by atoms with Gasteiger partial charge < -0.3 is 4.90 Å². The van der Waals surface area contributed by atoms with Crippen molar-refractivity contribution in [3.8, 4) is 0 Å². The van der Waals surface area contributed by atoms with Gasteiger partial charge in [0.15, 0.2) is 5.69 Å². The first-order valence-electron chi connectivity index (χ1n) is 7.72. The minimum Gasteiger partial charge on any atom is -0.333 e. The number of hydrogen-bond donors (Lipinski definition) is 0.